The Hall–Kier alpha value is -1.88. The number of aromatic nitrogens is 2. The number of amides is 1. The zero-order valence-corrected chi connectivity index (χ0v) is 13.4. The summed E-state index contributed by atoms with van der Waals surface area (Å²) in [6, 6.07) is 4.16. The number of benzene rings is 1. The minimum absolute atomic E-state index is 0.297. The van der Waals surface area contributed by atoms with Gasteiger partial charge in [0.15, 0.2) is 0 Å². The van der Waals surface area contributed by atoms with E-state index >= 15 is 0 Å². The molecule has 118 valence electrons. The van der Waals surface area contributed by atoms with E-state index in [0.717, 1.165) is 23.4 Å². The monoisotopic (exact) mass is 323 g/mol. The van der Waals surface area contributed by atoms with Crippen molar-refractivity contribution in [3.63, 3.8) is 0 Å². The van der Waals surface area contributed by atoms with Crippen molar-refractivity contribution < 1.29 is 9.18 Å². The average molecular weight is 324 g/mol. The van der Waals surface area contributed by atoms with Crippen LogP contribution >= 0.6 is 11.6 Å². The number of aryl methyl sites for hydroxylation is 2. The van der Waals surface area contributed by atoms with Gasteiger partial charge in [-0.25, -0.2) is 4.39 Å². The number of hydrogen-bond donors (Lipinski definition) is 2. The number of carbonyl (C=O) groups excluding carboxylic acids is 1. The molecule has 4 nitrogen and oxygen atoms in total. The first-order valence-corrected chi connectivity index (χ1v) is 7.64. The molecule has 1 amide bonds. The number of nitrogens with one attached hydrogen (secondary N) is 1. The van der Waals surface area contributed by atoms with Crippen molar-refractivity contribution in [1.82, 2.24) is 10.2 Å². The summed E-state index contributed by atoms with van der Waals surface area (Å²) < 4.78 is 13.2. The fraction of sp³-hybridized carbons (Fsp3) is 0.375. The van der Waals surface area contributed by atoms with Crippen LogP contribution in [0.2, 0.25) is 5.02 Å². The van der Waals surface area contributed by atoms with Gasteiger partial charge in [0.2, 0.25) is 5.91 Å². The molecule has 0 saturated heterocycles. The van der Waals surface area contributed by atoms with Gasteiger partial charge in [0.25, 0.3) is 0 Å². The van der Waals surface area contributed by atoms with Crippen LogP contribution in [0.15, 0.2) is 18.2 Å². The van der Waals surface area contributed by atoms with Crippen LogP contribution in [-0.2, 0) is 24.1 Å². The lowest BCUT2D eigenvalue weighted by Crippen LogP contribution is -2.25. The summed E-state index contributed by atoms with van der Waals surface area (Å²) in [5, 5.41) is 7.53. The molecule has 0 radical (unpaired) electrons. The summed E-state index contributed by atoms with van der Waals surface area (Å²) >= 11 is 6.07. The van der Waals surface area contributed by atoms with E-state index < -0.39 is 17.6 Å². The van der Waals surface area contributed by atoms with Crippen LogP contribution in [0.3, 0.4) is 0 Å². The normalized spacial score (nSPS) is 12.4. The molecule has 0 aliphatic rings. The van der Waals surface area contributed by atoms with Crippen LogP contribution in [0.4, 0.5) is 4.39 Å². The van der Waals surface area contributed by atoms with Gasteiger partial charge >= 0.3 is 0 Å². The van der Waals surface area contributed by atoms with Crippen LogP contribution < -0.4 is 5.73 Å². The second-order valence-electron chi connectivity index (χ2n) is 5.16. The minimum Gasteiger partial charge on any atom is -0.369 e. The molecule has 22 heavy (non-hydrogen) atoms. The number of hydrogen-bond acceptors (Lipinski definition) is 2. The van der Waals surface area contributed by atoms with Crippen molar-refractivity contribution in [2.75, 3.05) is 0 Å². The molecule has 0 saturated carbocycles. The molecule has 0 fully saturated rings. The third-order valence-corrected chi connectivity index (χ3v) is 4.13. The van der Waals surface area contributed by atoms with Crippen LogP contribution in [0.5, 0.6) is 0 Å². The Morgan fingerprint density at radius 1 is 1.41 bits per heavy atom. The lowest BCUT2D eigenvalue weighted by molar-refractivity contribution is -0.119. The van der Waals surface area contributed by atoms with Crippen molar-refractivity contribution in [3.8, 4) is 0 Å². The molecule has 3 N–H and O–H groups in total. The Kier molecular flexibility index (Phi) is 5.19. The number of aromatic amines is 1. The van der Waals surface area contributed by atoms with Gasteiger partial charge in [-0.2, -0.15) is 5.10 Å². The Morgan fingerprint density at radius 3 is 2.68 bits per heavy atom. The smallest absolute Gasteiger partial charge is 0.225 e. The first-order valence-electron chi connectivity index (χ1n) is 7.27. The SMILES string of the molecule is CCc1n[nH]c(CC)c1C(Cc1ccc(F)cc1Cl)C(N)=O. The number of nitrogens with zero attached hydrogens (tertiary/aromatic N) is 1. The molecule has 2 aromatic rings. The second-order valence-corrected chi connectivity index (χ2v) is 5.57. The first-order chi connectivity index (χ1) is 10.5. The number of primary amides is 1. The maximum absolute atomic E-state index is 13.2. The summed E-state index contributed by atoms with van der Waals surface area (Å²) in [7, 11) is 0. The van der Waals surface area contributed by atoms with Gasteiger partial charge in [0.1, 0.15) is 5.82 Å². The van der Waals surface area contributed by atoms with E-state index in [0.29, 0.717) is 23.4 Å². The Balaban J connectivity index is 2.43. The molecular formula is C16H19ClFN3O. The van der Waals surface area contributed by atoms with E-state index in [1.807, 2.05) is 13.8 Å². The first kappa shape index (κ1) is 16.5. The minimum atomic E-state index is -0.536. The lowest BCUT2D eigenvalue weighted by atomic mass is 9.88. The van der Waals surface area contributed by atoms with Gasteiger partial charge in [-0.1, -0.05) is 31.5 Å². The fourth-order valence-electron chi connectivity index (χ4n) is 2.63. The highest BCUT2D eigenvalue weighted by Gasteiger charge is 2.26. The van der Waals surface area contributed by atoms with E-state index in [-0.39, 0.29) is 0 Å². The molecular weight excluding hydrogens is 305 g/mol. The average Bonchev–Trinajstić information content (AvgIpc) is 2.88. The van der Waals surface area contributed by atoms with Gasteiger partial charge < -0.3 is 5.73 Å². The number of halogens is 2. The molecule has 1 aromatic heterocycles. The molecule has 1 atom stereocenters. The van der Waals surface area contributed by atoms with Crippen LogP contribution in [-0.4, -0.2) is 16.1 Å². The predicted molar refractivity (Wildman–Crippen MR) is 84.4 cm³/mol. The maximum atomic E-state index is 13.2. The molecule has 0 aliphatic heterocycles. The van der Waals surface area contributed by atoms with E-state index in [2.05, 4.69) is 10.2 Å². The van der Waals surface area contributed by atoms with Gasteiger partial charge in [-0.05, 0) is 37.0 Å². The quantitative estimate of drug-likeness (QED) is 0.857. The number of nitrogens with two attached hydrogens (primary N) is 1. The Morgan fingerprint density at radius 2 is 2.14 bits per heavy atom. The van der Waals surface area contributed by atoms with Crippen LogP contribution in [0.1, 0.15) is 42.3 Å². The summed E-state index contributed by atoms with van der Waals surface area (Å²) in [5.41, 5.74) is 8.88. The molecule has 2 rings (SSSR count). The molecule has 1 unspecified atom stereocenters. The number of rotatable bonds is 6. The molecule has 0 spiro atoms. The largest absolute Gasteiger partial charge is 0.369 e. The highest BCUT2D eigenvalue weighted by atomic mass is 35.5. The fourth-order valence-corrected chi connectivity index (χ4v) is 2.88. The van der Waals surface area contributed by atoms with Crippen molar-refractivity contribution >= 4 is 17.5 Å². The van der Waals surface area contributed by atoms with Crippen molar-refractivity contribution in [2.24, 2.45) is 5.73 Å². The van der Waals surface area contributed by atoms with Gasteiger partial charge in [0, 0.05) is 16.3 Å². The summed E-state index contributed by atoms with van der Waals surface area (Å²) in [5.74, 6) is -1.38. The second kappa shape index (κ2) is 6.92. The van der Waals surface area contributed by atoms with Crippen molar-refractivity contribution in [1.29, 1.82) is 0 Å². The topological polar surface area (TPSA) is 71.8 Å². The molecule has 1 aromatic carbocycles. The van der Waals surface area contributed by atoms with Gasteiger partial charge in [-0.15, -0.1) is 0 Å². The van der Waals surface area contributed by atoms with Gasteiger partial charge in [-0.3, -0.25) is 9.89 Å². The third kappa shape index (κ3) is 3.30. The zero-order valence-electron chi connectivity index (χ0n) is 12.6. The third-order valence-electron chi connectivity index (χ3n) is 3.78. The van der Waals surface area contributed by atoms with E-state index in [4.69, 9.17) is 17.3 Å². The highest BCUT2D eigenvalue weighted by Crippen LogP contribution is 2.29. The lowest BCUT2D eigenvalue weighted by Gasteiger charge is -2.16. The van der Waals surface area contributed by atoms with Crippen LogP contribution in [0, 0.1) is 5.82 Å². The standard InChI is InChI=1S/C16H19ClFN3O/c1-3-13-15(14(4-2)21-20-13)11(16(19)22)7-9-5-6-10(18)8-12(9)17/h5-6,8,11H,3-4,7H2,1-2H3,(H2,19,22)(H,20,21). The van der Waals surface area contributed by atoms with Gasteiger partial charge in [0.05, 0.1) is 11.6 Å². The zero-order chi connectivity index (χ0) is 16.3. The predicted octanol–water partition coefficient (Wildman–Crippen LogP) is 3.14. The number of H-pyrrole nitrogens is 1. The van der Waals surface area contributed by atoms with Crippen molar-refractivity contribution in [3.05, 3.63) is 51.6 Å². The molecule has 1 heterocycles. The Bertz CT molecular complexity index is 663. The molecule has 6 heteroatoms. The maximum Gasteiger partial charge on any atom is 0.225 e. The highest BCUT2D eigenvalue weighted by molar-refractivity contribution is 6.31. The Labute approximate surface area is 133 Å². The summed E-state index contributed by atoms with van der Waals surface area (Å²) in [6.45, 7) is 3.96. The van der Waals surface area contributed by atoms with E-state index in [1.54, 1.807) is 6.07 Å². The van der Waals surface area contributed by atoms with E-state index in [9.17, 15) is 9.18 Å². The molecule has 0 bridgehead atoms. The van der Waals surface area contributed by atoms with Crippen molar-refractivity contribution in [2.45, 2.75) is 39.0 Å². The summed E-state index contributed by atoms with van der Waals surface area (Å²) in [6.07, 6.45) is 1.75. The molecule has 0 aliphatic carbocycles. The summed E-state index contributed by atoms with van der Waals surface area (Å²) in [4.78, 5) is 12.0. The number of carbonyl (C=O) groups is 1. The van der Waals surface area contributed by atoms with Crippen LogP contribution in [0.25, 0.3) is 0 Å². The van der Waals surface area contributed by atoms with E-state index in [1.165, 1.54) is 12.1 Å².